The van der Waals surface area contributed by atoms with Gasteiger partial charge in [0.05, 0.1) is 24.8 Å². The maximum Gasteiger partial charge on any atom is 0.264 e. The SMILES string of the molecule is CCC(C)NC(=O)C(C)N(Cc1ccc(OC)cc1)C(=O)CN(c1ccccc1OC)S(=O)(=O)c1ccccc1. The Balaban J connectivity index is 2.04. The van der Waals surface area contributed by atoms with Gasteiger partial charge < -0.3 is 19.7 Å². The van der Waals surface area contributed by atoms with E-state index in [9.17, 15) is 18.0 Å². The minimum Gasteiger partial charge on any atom is -0.497 e. The molecule has 214 valence electrons. The molecule has 0 heterocycles. The van der Waals surface area contributed by atoms with Gasteiger partial charge in [-0.05, 0) is 62.2 Å². The molecule has 0 radical (unpaired) electrons. The van der Waals surface area contributed by atoms with Crippen molar-refractivity contribution in [2.45, 2.75) is 50.7 Å². The van der Waals surface area contributed by atoms with Crippen LogP contribution >= 0.6 is 0 Å². The van der Waals surface area contributed by atoms with Gasteiger partial charge >= 0.3 is 0 Å². The van der Waals surface area contributed by atoms with E-state index in [1.54, 1.807) is 80.8 Å². The molecule has 2 amide bonds. The van der Waals surface area contributed by atoms with Crippen molar-refractivity contribution < 1.29 is 27.5 Å². The number of benzene rings is 3. The molecule has 3 aromatic carbocycles. The summed E-state index contributed by atoms with van der Waals surface area (Å²) in [5, 5.41) is 2.92. The quantitative estimate of drug-likeness (QED) is 0.332. The van der Waals surface area contributed by atoms with Gasteiger partial charge in [-0.15, -0.1) is 0 Å². The van der Waals surface area contributed by atoms with E-state index < -0.39 is 28.5 Å². The van der Waals surface area contributed by atoms with Crippen LogP contribution in [0.1, 0.15) is 32.8 Å². The summed E-state index contributed by atoms with van der Waals surface area (Å²) in [5.41, 5.74) is 0.968. The number of nitrogens with zero attached hydrogens (tertiary/aromatic N) is 2. The summed E-state index contributed by atoms with van der Waals surface area (Å²) >= 11 is 0. The number of para-hydroxylation sites is 2. The van der Waals surface area contributed by atoms with Crippen molar-refractivity contribution in [1.29, 1.82) is 0 Å². The number of nitrogens with one attached hydrogen (secondary N) is 1. The summed E-state index contributed by atoms with van der Waals surface area (Å²) < 4.78 is 39.5. The van der Waals surface area contributed by atoms with Gasteiger partial charge in [-0.25, -0.2) is 8.42 Å². The third-order valence-electron chi connectivity index (χ3n) is 6.64. The number of sulfonamides is 1. The zero-order chi connectivity index (χ0) is 29.3. The Labute approximate surface area is 236 Å². The number of anilines is 1. The van der Waals surface area contributed by atoms with Crippen LogP contribution in [0.5, 0.6) is 11.5 Å². The van der Waals surface area contributed by atoms with Crippen LogP contribution in [0.25, 0.3) is 0 Å². The highest BCUT2D eigenvalue weighted by atomic mass is 32.2. The Morgan fingerprint density at radius 2 is 1.50 bits per heavy atom. The maximum absolute atomic E-state index is 14.0. The van der Waals surface area contributed by atoms with Crippen molar-refractivity contribution >= 4 is 27.5 Å². The van der Waals surface area contributed by atoms with Crippen LogP contribution < -0.4 is 19.1 Å². The molecule has 3 rings (SSSR count). The summed E-state index contributed by atoms with van der Waals surface area (Å²) in [7, 11) is -1.18. The van der Waals surface area contributed by atoms with Crippen molar-refractivity contribution in [3.8, 4) is 11.5 Å². The van der Waals surface area contributed by atoms with E-state index in [1.165, 1.54) is 24.1 Å². The third kappa shape index (κ3) is 7.32. The highest BCUT2D eigenvalue weighted by Crippen LogP contribution is 2.32. The third-order valence-corrected chi connectivity index (χ3v) is 8.42. The first kappa shape index (κ1) is 30.5. The van der Waals surface area contributed by atoms with Gasteiger partial charge in [-0.2, -0.15) is 0 Å². The molecule has 0 aromatic heterocycles. The zero-order valence-corrected chi connectivity index (χ0v) is 24.4. The van der Waals surface area contributed by atoms with Crippen LogP contribution in [0.2, 0.25) is 0 Å². The molecule has 0 saturated heterocycles. The molecule has 0 spiro atoms. The van der Waals surface area contributed by atoms with Gasteiger partial charge in [0.2, 0.25) is 11.8 Å². The summed E-state index contributed by atoms with van der Waals surface area (Å²) in [6, 6.07) is 20.7. The molecule has 2 atom stereocenters. The number of carbonyl (C=O) groups is 2. The number of carbonyl (C=O) groups excluding carboxylic acids is 2. The molecule has 0 aliphatic carbocycles. The second kappa shape index (κ2) is 13.8. The molecule has 10 heteroatoms. The van der Waals surface area contributed by atoms with Crippen LogP contribution in [-0.4, -0.2) is 58.0 Å². The Hall–Kier alpha value is -4.05. The lowest BCUT2D eigenvalue weighted by Gasteiger charge is -2.32. The van der Waals surface area contributed by atoms with Gasteiger partial charge in [-0.3, -0.25) is 13.9 Å². The molecule has 1 N–H and O–H groups in total. The fraction of sp³-hybridized carbons (Fsp3) is 0.333. The number of amides is 2. The average molecular weight is 568 g/mol. The Morgan fingerprint density at radius 3 is 2.10 bits per heavy atom. The van der Waals surface area contributed by atoms with Gasteiger partial charge in [0, 0.05) is 12.6 Å². The van der Waals surface area contributed by atoms with Crippen LogP contribution in [0.3, 0.4) is 0 Å². The van der Waals surface area contributed by atoms with Crippen molar-refractivity contribution in [3.63, 3.8) is 0 Å². The zero-order valence-electron chi connectivity index (χ0n) is 23.5. The number of rotatable bonds is 13. The van der Waals surface area contributed by atoms with E-state index in [1.807, 2.05) is 13.8 Å². The van der Waals surface area contributed by atoms with Crippen molar-refractivity contribution in [2.75, 3.05) is 25.1 Å². The lowest BCUT2D eigenvalue weighted by molar-refractivity contribution is -0.139. The first-order valence-corrected chi connectivity index (χ1v) is 14.5. The summed E-state index contributed by atoms with van der Waals surface area (Å²) in [6.07, 6.45) is 0.724. The van der Waals surface area contributed by atoms with Crippen molar-refractivity contribution in [2.24, 2.45) is 0 Å². The van der Waals surface area contributed by atoms with Crippen molar-refractivity contribution in [3.05, 3.63) is 84.4 Å². The predicted octanol–water partition coefficient (Wildman–Crippen LogP) is 4.23. The molecule has 0 aliphatic heterocycles. The number of hydrogen-bond donors (Lipinski definition) is 1. The highest BCUT2D eigenvalue weighted by molar-refractivity contribution is 7.92. The molecular formula is C30H37N3O6S. The molecule has 0 saturated carbocycles. The lowest BCUT2D eigenvalue weighted by Crippen LogP contribution is -2.52. The monoisotopic (exact) mass is 567 g/mol. The lowest BCUT2D eigenvalue weighted by atomic mass is 10.1. The van der Waals surface area contributed by atoms with Gasteiger partial charge in [0.25, 0.3) is 10.0 Å². The van der Waals surface area contributed by atoms with Gasteiger partial charge in [0.15, 0.2) is 0 Å². The Morgan fingerprint density at radius 1 is 0.875 bits per heavy atom. The second-order valence-electron chi connectivity index (χ2n) is 9.36. The van der Waals surface area contributed by atoms with E-state index in [0.717, 1.165) is 16.3 Å². The number of methoxy groups -OCH3 is 2. The molecule has 2 unspecified atom stereocenters. The Bertz CT molecular complexity index is 1380. The minimum atomic E-state index is -4.18. The predicted molar refractivity (Wildman–Crippen MR) is 155 cm³/mol. The number of ether oxygens (including phenoxy) is 2. The summed E-state index contributed by atoms with van der Waals surface area (Å²) in [4.78, 5) is 28.6. The minimum absolute atomic E-state index is 0.0259. The van der Waals surface area contributed by atoms with Crippen LogP contribution in [0.4, 0.5) is 5.69 Å². The van der Waals surface area contributed by atoms with Crippen LogP contribution in [-0.2, 0) is 26.2 Å². The van der Waals surface area contributed by atoms with Crippen molar-refractivity contribution in [1.82, 2.24) is 10.2 Å². The first-order valence-electron chi connectivity index (χ1n) is 13.1. The maximum atomic E-state index is 14.0. The molecule has 9 nitrogen and oxygen atoms in total. The first-order chi connectivity index (χ1) is 19.1. The fourth-order valence-electron chi connectivity index (χ4n) is 4.04. The fourth-order valence-corrected chi connectivity index (χ4v) is 5.49. The van der Waals surface area contributed by atoms with E-state index >= 15 is 0 Å². The normalized spacial score (nSPS) is 12.6. The van der Waals surface area contributed by atoms with E-state index in [0.29, 0.717) is 11.5 Å². The van der Waals surface area contributed by atoms with Crippen LogP contribution in [0.15, 0.2) is 83.8 Å². The molecule has 40 heavy (non-hydrogen) atoms. The van der Waals surface area contributed by atoms with E-state index in [-0.39, 0.29) is 29.1 Å². The Kier molecular flexibility index (Phi) is 10.6. The summed E-state index contributed by atoms with van der Waals surface area (Å²) in [6.45, 7) is 5.02. The highest BCUT2D eigenvalue weighted by Gasteiger charge is 2.33. The second-order valence-corrected chi connectivity index (χ2v) is 11.2. The smallest absolute Gasteiger partial charge is 0.264 e. The molecular weight excluding hydrogens is 530 g/mol. The largest absolute Gasteiger partial charge is 0.497 e. The van der Waals surface area contributed by atoms with Gasteiger partial charge in [0.1, 0.15) is 24.1 Å². The van der Waals surface area contributed by atoms with E-state index in [4.69, 9.17) is 9.47 Å². The summed E-state index contributed by atoms with van der Waals surface area (Å²) in [5.74, 6) is 0.0681. The topological polar surface area (TPSA) is 105 Å². The molecule has 3 aromatic rings. The molecule has 0 fully saturated rings. The average Bonchev–Trinajstić information content (AvgIpc) is 2.98. The van der Waals surface area contributed by atoms with E-state index in [2.05, 4.69) is 5.32 Å². The molecule has 0 bridgehead atoms. The number of hydrogen-bond acceptors (Lipinski definition) is 6. The standard InChI is InChI=1S/C30H37N3O6S/c1-6-22(2)31-30(35)23(3)32(20-24-16-18-25(38-4)19-17-24)29(34)21-33(27-14-10-11-15-28(27)39-5)40(36,37)26-12-8-7-9-13-26/h7-19,22-23H,6,20-21H2,1-5H3,(H,31,35). The molecule has 0 aliphatic rings. The van der Waals surface area contributed by atoms with Gasteiger partial charge in [-0.1, -0.05) is 49.4 Å². The van der Waals surface area contributed by atoms with Crippen LogP contribution in [0, 0.1) is 0 Å².